The molecule has 0 N–H and O–H groups in total. The normalized spacial score (nSPS) is 44.3. The van der Waals surface area contributed by atoms with Crippen molar-refractivity contribution in [1.29, 1.82) is 0 Å². The van der Waals surface area contributed by atoms with Crippen LogP contribution in [0.3, 0.4) is 0 Å². The highest BCUT2D eigenvalue weighted by Gasteiger charge is 2.60. The maximum atomic E-state index is 6.00. The smallest absolute Gasteiger partial charge is 0.186 e. The summed E-state index contributed by atoms with van der Waals surface area (Å²) < 4.78 is 28.4. The summed E-state index contributed by atoms with van der Waals surface area (Å²) in [6.45, 7) is 0.497. The zero-order valence-corrected chi connectivity index (χ0v) is 10.6. The van der Waals surface area contributed by atoms with Gasteiger partial charge in [-0.3, -0.25) is 0 Å². The van der Waals surface area contributed by atoms with Crippen molar-refractivity contribution in [2.24, 2.45) is 0 Å². The van der Waals surface area contributed by atoms with Gasteiger partial charge in [0.05, 0.1) is 6.61 Å². The van der Waals surface area contributed by atoms with Gasteiger partial charge >= 0.3 is 0 Å². The van der Waals surface area contributed by atoms with Gasteiger partial charge in [0.1, 0.15) is 24.4 Å². The van der Waals surface area contributed by atoms with E-state index in [2.05, 4.69) is 0 Å². The predicted molar refractivity (Wildman–Crippen MR) is 64.3 cm³/mol. The second-order valence-corrected chi connectivity index (χ2v) is 5.02. The molecular formula is C14H16O5. The van der Waals surface area contributed by atoms with E-state index in [0.29, 0.717) is 6.61 Å². The monoisotopic (exact) mass is 264 g/mol. The summed E-state index contributed by atoms with van der Waals surface area (Å²) in [7, 11) is 1.63. The van der Waals surface area contributed by atoms with E-state index < -0.39 is 0 Å². The number of ether oxygens (including phenoxy) is 5. The number of rotatable bonds is 2. The highest BCUT2D eigenvalue weighted by molar-refractivity contribution is 5.17. The summed E-state index contributed by atoms with van der Waals surface area (Å²) in [5, 5.41) is 0. The molecule has 0 amide bonds. The summed E-state index contributed by atoms with van der Waals surface area (Å²) in [6, 6.07) is 9.92. The van der Waals surface area contributed by atoms with E-state index >= 15 is 0 Å². The molecule has 3 aliphatic heterocycles. The average molecular weight is 264 g/mol. The molecule has 0 saturated carbocycles. The van der Waals surface area contributed by atoms with E-state index in [-0.39, 0.29) is 37.0 Å². The number of methoxy groups -OCH3 is 1. The van der Waals surface area contributed by atoms with Gasteiger partial charge in [0.2, 0.25) is 0 Å². The first-order valence-electron chi connectivity index (χ1n) is 6.52. The number of fused-ring (bicyclic) bond motifs is 3. The van der Waals surface area contributed by atoms with Gasteiger partial charge < -0.3 is 23.7 Å². The molecule has 0 bridgehead atoms. The Morgan fingerprint density at radius 3 is 2.63 bits per heavy atom. The third-order valence-electron chi connectivity index (χ3n) is 3.83. The molecule has 102 valence electrons. The standard InChI is InChI=1S/C14H16O5/c1-15-14-12-11(18-12)10-9(17-14)7-16-13(19-10)8-5-3-2-4-6-8/h2-6,9-14H,7H2,1H3/t9-,10?,11+,12+,13-,14+/m1/s1. The van der Waals surface area contributed by atoms with Crippen LogP contribution in [0.2, 0.25) is 0 Å². The molecule has 19 heavy (non-hydrogen) atoms. The Morgan fingerprint density at radius 2 is 1.84 bits per heavy atom. The lowest BCUT2D eigenvalue weighted by Gasteiger charge is -2.39. The fourth-order valence-corrected chi connectivity index (χ4v) is 2.80. The third kappa shape index (κ3) is 1.98. The van der Waals surface area contributed by atoms with Gasteiger partial charge in [0.15, 0.2) is 12.6 Å². The Morgan fingerprint density at radius 1 is 1.00 bits per heavy atom. The zero-order chi connectivity index (χ0) is 12.8. The molecule has 3 aliphatic rings. The molecule has 3 fully saturated rings. The molecule has 6 atom stereocenters. The largest absolute Gasteiger partial charge is 0.361 e. The lowest BCUT2D eigenvalue weighted by atomic mass is 10.0. The first kappa shape index (κ1) is 11.8. The van der Waals surface area contributed by atoms with Gasteiger partial charge in [-0.25, -0.2) is 0 Å². The summed E-state index contributed by atoms with van der Waals surface area (Å²) in [4.78, 5) is 0. The van der Waals surface area contributed by atoms with E-state index in [0.717, 1.165) is 5.56 Å². The van der Waals surface area contributed by atoms with Crippen molar-refractivity contribution in [3.05, 3.63) is 35.9 Å². The van der Waals surface area contributed by atoms with Gasteiger partial charge in [-0.05, 0) is 0 Å². The van der Waals surface area contributed by atoms with Crippen molar-refractivity contribution in [3.63, 3.8) is 0 Å². The van der Waals surface area contributed by atoms with Gasteiger partial charge in [0.25, 0.3) is 0 Å². The molecule has 1 aromatic carbocycles. The fraction of sp³-hybridized carbons (Fsp3) is 0.571. The number of epoxide rings is 1. The van der Waals surface area contributed by atoms with Crippen LogP contribution in [0.4, 0.5) is 0 Å². The molecule has 3 saturated heterocycles. The van der Waals surface area contributed by atoms with E-state index in [9.17, 15) is 0 Å². The van der Waals surface area contributed by atoms with E-state index in [1.54, 1.807) is 7.11 Å². The van der Waals surface area contributed by atoms with Crippen LogP contribution >= 0.6 is 0 Å². The van der Waals surface area contributed by atoms with Crippen molar-refractivity contribution in [3.8, 4) is 0 Å². The molecule has 3 heterocycles. The van der Waals surface area contributed by atoms with Crippen molar-refractivity contribution in [2.45, 2.75) is 37.0 Å². The molecule has 4 rings (SSSR count). The van der Waals surface area contributed by atoms with E-state index in [1.165, 1.54) is 0 Å². The summed E-state index contributed by atoms with van der Waals surface area (Å²) in [5.41, 5.74) is 1.02. The molecule has 0 aliphatic carbocycles. The van der Waals surface area contributed by atoms with Gasteiger partial charge in [0, 0.05) is 12.7 Å². The van der Waals surface area contributed by atoms with Crippen LogP contribution in [-0.4, -0.2) is 44.4 Å². The number of hydrogen-bond donors (Lipinski definition) is 0. The third-order valence-corrected chi connectivity index (χ3v) is 3.83. The lowest BCUT2D eigenvalue weighted by molar-refractivity contribution is -0.304. The second-order valence-electron chi connectivity index (χ2n) is 5.02. The summed E-state index contributed by atoms with van der Waals surface area (Å²) in [5.74, 6) is 0. The lowest BCUT2D eigenvalue weighted by Crippen LogP contribution is -2.52. The Kier molecular flexibility index (Phi) is 2.82. The minimum Gasteiger partial charge on any atom is -0.361 e. The summed E-state index contributed by atoms with van der Waals surface area (Å²) in [6.07, 6.45) is -0.759. The molecular weight excluding hydrogens is 248 g/mol. The Labute approximate surface area is 111 Å². The van der Waals surface area contributed by atoms with Crippen LogP contribution in [-0.2, 0) is 23.7 Å². The molecule has 1 aromatic rings. The first-order chi connectivity index (χ1) is 9.36. The Bertz CT molecular complexity index is 450. The first-order valence-corrected chi connectivity index (χ1v) is 6.52. The minimum absolute atomic E-state index is 0.000716. The van der Waals surface area contributed by atoms with Gasteiger partial charge in [-0.1, -0.05) is 30.3 Å². The van der Waals surface area contributed by atoms with E-state index in [4.69, 9.17) is 23.7 Å². The maximum Gasteiger partial charge on any atom is 0.186 e. The van der Waals surface area contributed by atoms with Crippen LogP contribution in [0.5, 0.6) is 0 Å². The zero-order valence-electron chi connectivity index (χ0n) is 10.6. The Balaban J connectivity index is 1.50. The van der Waals surface area contributed by atoms with Crippen LogP contribution in [0.1, 0.15) is 11.9 Å². The molecule has 5 heteroatoms. The fourth-order valence-electron chi connectivity index (χ4n) is 2.80. The molecule has 0 aromatic heterocycles. The van der Waals surface area contributed by atoms with Crippen LogP contribution in [0.15, 0.2) is 30.3 Å². The number of hydrogen-bond acceptors (Lipinski definition) is 5. The van der Waals surface area contributed by atoms with Gasteiger partial charge in [-0.2, -0.15) is 0 Å². The molecule has 0 radical (unpaired) electrons. The Hall–Kier alpha value is -0.980. The minimum atomic E-state index is -0.338. The molecule has 1 unspecified atom stereocenters. The SMILES string of the molecule is CO[C@H]1O[C@@H]2CO[C@@H](c3ccccc3)OC2[C@@H]2O[C@H]12. The average Bonchev–Trinajstić information content (AvgIpc) is 3.27. The van der Waals surface area contributed by atoms with Crippen LogP contribution in [0.25, 0.3) is 0 Å². The van der Waals surface area contributed by atoms with E-state index in [1.807, 2.05) is 30.3 Å². The molecule has 5 nitrogen and oxygen atoms in total. The van der Waals surface area contributed by atoms with Crippen molar-refractivity contribution in [1.82, 2.24) is 0 Å². The topological polar surface area (TPSA) is 49.5 Å². The van der Waals surface area contributed by atoms with Crippen LogP contribution in [0, 0.1) is 0 Å². The van der Waals surface area contributed by atoms with Crippen LogP contribution < -0.4 is 0 Å². The number of benzene rings is 1. The highest BCUT2D eigenvalue weighted by Crippen LogP contribution is 2.43. The maximum absolute atomic E-state index is 6.00. The highest BCUT2D eigenvalue weighted by atomic mass is 16.8. The van der Waals surface area contributed by atoms with Crippen molar-refractivity contribution in [2.75, 3.05) is 13.7 Å². The predicted octanol–water partition coefficient (Wildman–Crippen LogP) is 1.24. The second kappa shape index (κ2) is 4.54. The summed E-state index contributed by atoms with van der Waals surface area (Å²) >= 11 is 0. The van der Waals surface area contributed by atoms with Gasteiger partial charge in [-0.15, -0.1) is 0 Å². The van der Waals surface area contributed by atoms with Crippen molar-refractivity contribution < 1.29 is 23.7 Å². The van der Waals surface area contributed by atoms with Crippen molar-refractivity contribution >= 4 is 0 Å². The quantitative estimate of drug-likeness (QED) is 0.752. The molecule has 0 spiro atoms.